The number of aldehydes is 1. The van der Waals surface area contributed by atoms with Crippen molar-refractivity contribution in [2.75, 3.05) is 0 Å². The van der Waals surface area contributed by atoms with Crippen molar-refractivity contribution in [2.45, 2.75) is 0 Å². The SMILES string of the molecule is O=Cc1ccnc(-c2ccccn2)n1. The van der Waals surface area contributed by atoms with Crippen LogP contribution in [0.3, 0.4) is 0 Å². The zero-order valence-electron chi connectivity index (χ0n) is 7.29. The molecule has 0 unspecified atom stereocenters. The molecule has 0 N–H and O–H groups in total. The van der Waals surface area contributed by atoms with Crippen molar-refractivity contribution >= 4 is 6.29 Å². The van der Waals surface area contributed by atoms with Gasteiger partial charge in [0.05, 0.1) is 0 Å². The Labute approximate surface area is 80.7 Å². The molecule has 0 spiro atoms. The quantitative estimate of drug-likeness (QED) is 0.662. The van der Waals surface area contributed by atoms with Crippen LogP contribution in [0.4, 0.5) is 0 Å². The van der Waals surface area contributed by atoms with E-state index in [4.69, 9.17) is 0 Å². The van der Waals surface area contributed by atoms with Gasteiger partial charge in [0.1, 0.15) is 11.4 Å². The van der Waals surface area contributed by atoms with Crippen LogP contribution in [-0.4, -0.2) is 21.2 Å². The lowest BCUT2D eigenvalue weighted by Gasteiger charge is -1.97. The van der Waals surface area contributed by atoms with E-state index in [2.05, 4.69) is 15.0 Å². The first-order chi connectivity index (χ1) is 6.90. The highest BCUT2D eigenvalue weighted by Crippen LogP contribution is 2.09. The van der Waals surface area contributed by atoms with Gasteiger partial charge in [0, 0.05) is 12.4 Å². The van der Waals surface area contributed by atoms with Crippen LogP contribution in [0.5, 0.6) is 0 Å². The van der Waals surface area contributed by atoms with E-state index in [9.17, 15) is 4.79 Å². The van der Waals surface area contributed by atoms with Crippen molar-refractivity contribution in [1.29, 1.82) is 0 Å². The minimum atomic E-state index is 0.362. The highest BCUT2D eigenvalue weighted by Gasteiger charge is 2.01. The highest BCUT2D eigenvalue weighted by atomic mass is 16.1. The van der Waals surface area contributed by atoms with Crippen molar-refractivity contribution in [3.05, 3.63) is 42.4 Å². The van der Waals surface area contributed by atoms with Gasteiger partial charge in [-0.2, -0.15) is 0 Å². The van der Waals surface area contributed by atoms with Crippen LogP contribution < -0.4 is 0 Å². The van der Waals surface area contributed by atoms with Gasteiger partial charge in [-0.25, -0.2) is 9.97 Å². The topological polar surface area (TPSA) is 55.7 Å². The Morgan fingerprint density at radius 1 is 1.07 bits per heavy atom. The summed E-state index contributed by atoms with van der Waals surface area (Å²) in [4.78, 5) is 22.6. The molecule has 4 nitrogen and oxygen atoms in total. The fraction of sp³-hybridized carbons (Fsp3) is 0. The summed E-state index contributed by atoms with van der Waals surface area (Å²) in [6.07, 6.45) is 3.89. The summed E-state index contributed by atoms with van der Waals surface area (Å²) in [5.74, 6) is 0.468. The average Bonchev–Trinajstić information content (AvgIpc) is 2.30. The number of aromatic nitrogens is 3. The first kappa shape index (κ1) is 8.50. The zero-order valence-corrected chi connectivity index (χ0v) is 7.29. The first-order valence-electron chi connectivity index (χ1n) is 4.10. The Hall–Kier alpha value is -2.10. The number of carbonyl (C=O) groups is 1. The summed E-state index contributed by atoms with van der Waals surface area (Å²) in [7, 11) is 0. The molecule has 0 radical (unpaired) electrons. The second-order valence-electron chi connectivity index (χ2n) is 2.64. The third kappa shape index (κ3) is 1.64. The second-order valence-corrected chi connectivity index (χ2v) is 2.64. The van der Waals surface area contributed by atoms with Gasteiger partial charge in [0.25, 0.3) is 0 Å². The van der Waals surface area contributed by atoms with Gasteiger partial charge >= 0.3 is 0 Å². The van der Waals surface area contributed by atoms with E-state index in [1.54, 1.807) is 24.5 Å². The molecule has 14 heavy (non-hydrogen) atoms. The van der Waals surface area contributed by atoms with Crippen molar-refractivity contribution < 1.29 is 4.79 Å². The molecule has 0 bridgehead atoms. The van der Waals surface area contributed by atoms with Crippen molar-refractivity contribution in [1.82, 2.24) is 15.0 Å². The number of pyridine rings is 1. The fourth-order valence-corrected chi connectivity index (χ4v) is 1.06. The molecule has 2 rings (SSSR count). The van der Waals surface area contributed by atoms with Crippen LogP contribution in [0.25, 0.3) is 11.5 Å². The van der Waals surface area contributed by atoms with E-state index in [1.165, 1.54) is 0 Å². The summed E-state index contributed by atoms with van der Waals surface area (Å²) >= 11 is 0. The minimum absolute atomic E-state index is 0.362. The van der Waals surface area contributed by atoms with E-state index in [1.807, 2.05) is 12.1 Å². The van der Waals surface area contributed by atoms with E-state index < -0.39 is 0 Å². The average molecular weight is 185 g/mol. The molecule has 0 saturated carbocycles. The number of carbonyl (C=O) groups excluding carboxylic acids is 1. The van der Waals surface area contributed by atoms with E-state index in [0.29, 0.717) is 23.5 Å². The summed E-state index contributed by atoms with van der Waals surface area (Å²) in [5.41, 5.74) is 1.02. The normalized spacial score (nSPS) is 9.71. The van der Waals surface area contributed by atoms with Crippen molar-refractivity contribution in [3.63, 3.8) is 0 Å². The molecule has 2 aromatic heterocycles. The molecule has 2 heterocycles. The van der Waals surface area contributed by atoms with Gasteiger partial charge in [-0.15, -0.1) is 0 Å². The van der Waals surface area contributed by atoms with Crippen molar-refractivity contribution in [3.8, 4) is 11.5 Å². The molecule has 0 fully saturated rings. The van der Waals surface area contributed by atoms with Crippen molar-refractivity contribution in [2.24, 2.45) is 0 Å². The highest BCUT2D eigenvalue weighted by molar-refractivity contribution is 5.72. The monoisotopic (exact) mass is 185 g/mol. The molecular weight excluding hydrogens is 178 g/mol. The molecule has 0 atom stereocenters. The van der Waals surface area contributed by atoms with Gasteiger partial charge < -0.3 is 0 Å². The molecule has 68 valence electrons. The van der Waals surface area contributed by atoms with E-state index >= 15 is 0 Å². The van der Waals surface area contributed by atoms with E-state index in [0.717, 1.165) is 0 Å². The second kappa shape index (κ2) is 3.74. The molecule has 0 aliphatic heterocycles. The number of hydrogen-bond donors (Lipinski definition) is 0. The molecule has 0 aliphatic rings. The molecule has 2 aromatic rings. The number of rotatable bonds is 2. The Bertz CT molecular complexity index is 442. The largest absolute Gasteiger partial charge is 0.296 e. The van der Waals surface area contributed by atoms with Crippen LogP contribution in [0.2, 0.25) is 0 Å². The Morgan fingerprint density at radius 2 is 2.00 bits per heavy atom. The predicted molar refractivity (Wildman–Crippen MR) is 50.7 cm³/mol. The predicted octanol–water partition coefficient (Wildman–Crippen LogP) is 1.35. The van der Waals surface area contributed by atoms with Crippen LogP contribution in [0.15, 0.2) is 36.7 Å². The van der Waals surface area contributed by atoms with Gasteiger partial charge in [-0.1, -0.05) is 6.07 Å². The van der Waals surface area contributed by atoms with Crippen LogP contribution in [-0.2, 0) is 0 Å². The van der Waals surface area contributed by atoms with Crippen LogP contribution >= 0.6 is 0 Å². The Balaban J connectivity index is 2.47. The standard InChI is InChI=1S/C10H7N3O/c14-7-8-4-6-12-10(13-8)9-3-1-2-5-11-9/h1-7H. The zero-order chi connectivity index (χ0) is 9.80. The molecule has 0 aromatic carbocycles. The first-order valence-corrected chi connectivity index (χ1v) is 4.10. The maximum absolute atomic E-state index is 10.5. The molecule has 4 heteroatoms. The van der Waals surface area contributed by atoms with Gasteiger partial charge in [0.15, 0.2) is 12.1 Å². The summed E-state index contributed by atoms with van der Waals surface area (Å²) in [5, 5.41) is 0. The molecule has 0 amide bonds. The molecular formula is C10H7N3O. The lowest BCUT2D eigenvalue weighted by atomic mass is 10.3. The van der Waals surface area contributed by atoms with E-state index in [-0.39, 0.29) is 0 Å². The minimum Gasteiger partial charge on any atom is -0.296 e. The molecule has 0 aliphatic carbocycles. The van der Waals surface area contributed by atoms with Gasteiger partial charge in [-0.05, 0) is 18.2 Å². The van der Waals surface area contributed by atoms with Gasteiger partial charge in [0.2, 0.25) is 0 Å². The van der Waals surface area contributed by atoms with Crippen LogP contribution in [0, 0.1) is 0 Å². The number of hydrogen-bond acceptors (Lipinski definition) is 4. The Morgan fingerprint density at radius 3 is 2.71 bits per heavy atom. The summed E-state index contributed by atoms with van der Waals surface area (Å²) < 4.78 is 0. The third-order valence-electron chi connectivity index (χ3n) is 1.69. The summed E-state index contributed by atoms with van der Waals surface area (Å²) in [6, 6.07) is 7.01. The summed E-state index contributed by atoms with van der Waals surface area (Å²) in [6.45, 7) is 0. The fourth-order valence-electron chi connectivity index (χ4n) is 1.06. The Kier molecular flexibility index (Phi) is 2.27. The number of nitrogens with zero attached hydrogens (tertiary/aromatic N) is 3. The third-order valence-corrected chi connectivity index (χ3v) is 1.69. The maximum Gasteiger partial charge on any atom is 0.178 e. The molecule has 0 saturated heterocycles. The van der Waals surface area contributed by atoms with Gasteiger partial charge in [-0.3, -0.25) is 9.78 Å². The maximum atomic E-state index is 10.5. The van der Waals surface area contributed by atoms with Crippen LogP contribution in [0.1, 0.15) is 10.5 Å². The smallest absolute Gasteiger partial charge is 0.178 e. The lowest BCUT2D eigenvalue weighted by molar-refractivity contribution is 0.111. The lowest BCUT2D eigenvalue weighted by Crippen LogP contribution is -1.94.